The summed E-state index contributed by atoms with van der Waals surface area (Å²) in [7, 11) is -2.27. The number of amides is 1. The van der Waals surface area contributed by atoms with Crippen LogP contribution in [-0.4, -0.2) is 44.9 Å². The molecule has 1 N–H and O–H groups in total. The minimum absolute atomic E-state index is 0.00299. The first-order valence-electron chi connectivity index (χ1n) is 7.39. The zero-order valence-corrected chi connectivity index (χ0v) is 14.6. The largest absolute Gasteiger partial charge is 0.497 e. The van der Waals surface area contributed by atoms with E-state index in [9.17, 15) is 13.2 Å². The lowest BCUT2D eigenvalue weighted by molar-refractivity contribution is -0.121. The van der Waals surface area contributed by atoms with E-state index in [1.165, 1.54) is 25.3 Å². The fraction of sp³-hybridized carbons (Fsp3) is 0.438. The molecule has 0 radical (unpaired) electrons. The second kappa shape index (κ2) is 8.69. The van der Waals surface area contributed by atoms with Gasteiger partial charge in [-0.1, -0.05) is 13.0 Å². The van der Waals surface area contributed by atoms with E-state index in [1.54, 1.807) is 12.1 Å². The summed E-state index contributed by atoms with van der Waals surface area (Å²) < 4.78 is 31.5. The lowest BCUT2D eigenvalue weighted by Crippen LogP contribution is -2.43. The van der Waals surface area contributed by atoms with Crippen molar-refractivity contribution in [2.24, 2.45) is 0 Å². The molecule has 0 fully saturated rings. The number of methoxy groups -OCH3 is 1. The van der Waals surface area contributed by atoms with Gasteiger partial charge in [0.15, 0.2) is 0 Å². The van der Waals surface area contributed by atoms with Crippen LogP contribution in [0.2, 0.25) is 0 Å². The van der Waals surface area contributed by atoms with Crippen molar-refractivity contribution in [3.8, 4) is 5.75 Å². The highest BCUT2D eigenvalue weighted by Gasteiger charge is 2.26. The average Bonchev–Trinajstić information content (AvgIpc) is 2.54. The Hall–Kier alpha value is -1.86. The van der Waals surface area contributed by atoms with E-state index in [0.29, 0.717) is 5.75 Å². The van der Waals surface area contributed by atoms with Gasteiger partial charge in [-0.3, -0.25) is 4.79 Å². The van der Waals surface area contributed by atoms with Gasteiger partial charge in [0.25, 0.3) is 0 Å². The normalized spacial score (nSPS) is 12.7. The number of nitrogens with zero attached hydrogens (tertiary/aromatic N) is 1. The van der Waals surface area contributed by atoms with Crippen LogP contribution < -0.4 is 10.1 Å². The molecule has 0 spiro atoms. The number of nitrogens with one attached hydrogen (secondary N) is 1. The smallest absolute Gasteiger partial charge is 0.243 e. The van der Waals surface area contributed by atoms with Crippen molar-refractivity contribution in [2.75, 3.05) is 20.2 Å². The number of hydrogen-bond acceptors (Lipinski definition) is 4. The maximum atomic E-state index is 12.7. The first-order valence-corrected chi connectivity index (χ1v) is 8.83. The highest BCUT2D eigenvalue weighted by atomic mass is 32.2. The van der Waals surface area contributed by atoms with Crippen LogP contribution in [0, 0.1) is 0 Å². The van der Waals surface area contributed by atoms with Crippen molar-refractivity contribution in [3.05, 3.63) is 36.9 Å². The number of ether oxygens (including phenoxy) is 1. The molecule has 23 heavy (non-hydrogen) atoms. The molecule has 0 saturated heterocycles. The highest BCUT2D eigenvalue weighted by Crippen LogP contribution is 2.19. The molecule has 1 amide bonds. The van der Waals surface area contributed by atoms with Crippen LogP contribution in [0.25, 0.3) is 0 Å². The third-order valence-corrected chi connectivity index (χ3v) is 5.20. The maximum absolute atomic E-state index is 12.7. The van der Waals surface area contributed by atoms with Crippen LogP contribution >= 0.6 is 0 Å². The number of sulfonamides is 1. The van der Waals surface area contributed by atoms with Gasteiger partial charge in [-0.15, -0.1) is 6.58 Å². The zero-order valence-electron chi connectivity index (χ0n) is 13.8. The summed E-state index contributed by atoms with van der Waals surface area (Å²) in [5.41, 5.74) is 0. The van der Waals surface area contributed by atoms with E-state index >= 15 is 0 Å². The molecule has 1 aromatic carbocycles. The van der Waals surface area contributed by atoms with Gasteiger partial charge in [0, 0.05) is 12.6 Å². The zero-order chi connectivity index (χ0) is 17.5. The molecule has 1 aromatic rings. The Bertz CT molecular complexity index is 626. The molecule has 6 nitrogen and oxygen atoms in total. The summed E-state index contributed by atoms with van der Waals surface area (Å²) in [5, 5.41) is 2.76. The molecule has 128 valence electrons. The van der Waals surface area contributed by atoms with E-state index < -0.39 is 10.0 Å². The van der Waals surface area contributed by atoms with Crippen LogP contribution in [0.15, 0.2) is 41.8 Å². The third kappa shape index (κ3) is 5.37. The van der Waals surface area contributed by atoms with E-state index in [2.05, 4.69) is 11.9 Å². The van der Waals surface area contributed by atoms with E-state index in [-0.39, 0.29) is 29.9 Å². The summed E-state index contributed by atoms with van der Waals surface area (Å²) in [6, 6.07) is 6.04. The Labute approximate surface area is 138 Å². The fourth-order valence-electron chi connectivity index (χ4n) is 1.87. The predicted octanol–water partition coefficient (Wildman–Crippen LogP) is 1.79. The van der Waals surface area contributed by atoms with Crippen molar-refractivity contribution >= 4 is 15.9 Å². The number of carbonyl (C=O) groups is 1. The Balaban J connectivity index is 2.97. The summed E-state index contributed by atoms with van der Waals surface area (Å²) >= 11 is 0. The van der Waals surface area contributed by atoms with E-state index in [0.717, 1.165) is 10.7 Å². The molecule has 0 heterocycles. The van der Waals surface area contributed by atoms with Crippen LogP contribution in [0.3, 0.4) is 0 Å². The van der Waals surface area contributed by atoms with Crippen LogP contribution in [0.1, 0.15) is 20.3 Å². The maximum Gasteiger partial charge on any atom is 0.243 e. The van der Waals surface area contributed by atoms with Gasteiger partial charge in [0.1, 0.15) is 5.75 Å². The number of carbonyl (C=O) groups excluding carboxylic acids is 1. The monoisotopic (exact) mass is 340 g/mol. The minimum Gasteiger partial charge on any atom is -0.497 e. The summed E-state index contributed by atoms with van der Waals surface area (Å²) in [6.45, 7) is 7.19. The van der Waals surface area contributed by atoms with Crippen molar-refractivity contribution in [1.82, 2.24) is 9.62 Å². The molecule has 0 aromatic heterocycles. The van der Waals surface area contributed by atoms with Gasteiger partial charge in [-0.05, 0) is 37.6 Å². The standard InChI is InChI=1S/C16H24N2O4S/c1-5-11-18(12-16(19)17-13(3)6-2)23(20,21)15-9-7-14(22-4)8-10-15/h5,7-10,13H,1,6,11-12H2,2-4H3,(H,17,19)/t13-/m1/s1. The van der Waals surface area contributed by atoms with E-state index in [1.807, 2.05) is 13.8 Å². The summed E-state index contributed by atoms with van der Waals surface area (Å²) in [4.78, 5) is 12.1. The Kier molecular flexibility index (Phi) is 7.25. The Morgan fingerprint density at radius 2 is 2.00 bits per heavy atom. The van der Waals surface area contributed by atoms with Gasteiger partial charge >= 0.3 is 0 Å². The lowest BCUT2D eigenvalue weighted by Gasteiger charge is -2.21. The van der Waals surface area contributed by atoms with Crippen molar-refractivity contribution in [3.63, 3.8) is 0 Å². The average molecular weight is 340 g/mol. The van der Waals surface area contributed by atoms with Gasteiger partial charge in [-0.25, -0.2) is 8.42 Å². The quantitative estimate of drug-likeness (QED) is 0.695. The Morgan fingerprint density at radius 3 is 2.48 bits per heavy atom. The first-order chi connectivity index (χ1) is 10.8. The van der Waals surface area contributed by atoms with Gasteiger partial charge < -0.3 is 10.1 Å². The molecule has 0 saturated carbocycles. The molecule has 1 rings (SSSR count). The molecule has 0 aliphatic heterocycles. The fourth-order valence-corrected chi connectivity index (χ4v) is 3.24. The van der Waals surface area contributed by atoms with Crippen LogP contribution in [0.4, 0.5) is 0 Å². The number of rotatable bonds is 9. The van der Waals surface area contributed by atoms with Crippen LogP contribution in [0.5, 0.6) is 5.75 Å². The topological polar surface area (TPSA) is 75.7 Å². The van der Waals surface area contributed by atoms with Gasteiger partial charge in [-0.2, -0.15) is 4.31 Å². The van der Waals surface area contributed by atoms with Crippen LogP contribution in [-0.2, 0) is 14.8 Å². The molecule has 0 unspecified atom stereocenters. The summed E-state index contributed by atoms with van der Waals surface area (Å²) in [5.74, 6) is 0.229. The van der Waals surface area contributed by atoms with Gasteiger partial charge in [0.2, 0.25) is 15.9 Å². The molecular formula is C16H24N2O4S. The highest BCUT2D eigenvalue weighted by molar-refractivity contribution is 7.89. The second-order valence-corrected chi connectivity index (χ2v) is 7.08. The molecule has 7 heteroatoms. The second-order valence-electron chi connectivity index (χ2n) is 5.14. The van der Waals surface area contributed by atoms with E-state index in [4.69, 9.17) is 4.74 Å². The van der Waals surface area contributed by atoms with Crippen molar-refractivity contribution in [2.45, 2.75) is 31.2 Å². The predicted molar refractivity (Wildman–Crippen MR) is 89.8 cm³/mol. The molecule has 0 aliphatic rings. The number of benzene rings is 1. The molecular weight excluding hydrogens is 316 g/mol. The first kappa shape index (κ1) is 19.2. The molecule has 0 bridgehead atoms. The third-order valence-electron chi connectivity index (χ3n) is 3.37. The minimum atomic E-state index is -3.78. The molecule has 1 atom stereocenters. The van der Waals surface area contributed by atoms with Crippen molar-refractivity contribution < 1.29 is 17.9 Å². The van der Waals surface area contributed by atoms with Crippen molar-refractivity contribution in [1.29, 1.82) is 0 Å². The lowest BCUT2D eigenvalue weighted by atomic mass is 10.2. The van der Waals surface area contributed by atoms with Gasteiger partial charge in [0.05, 0.1) is 18.6 Å². The SMILES string of the molecule is C=CCN(CC(=O)N[C@H](C)CC)S(=O)(=O)c1ccc(OC)cc1. The summed E-state index contributed by atoms with van der Waals surface area (Å²) in [6.07, 6.45) is 2.23. The number of hydrogen-bond donors (Lipinski definition) is 1. The molecule has 0 aliphatic carbocycles. The Morgan fingerprint density at radius 1 is 1.39 bits per heavy atom.